The number of benzene rings is 2. The van der Waals surface area contributed by atoms with E-state index in [0.717, 1.165) is 15.6 Å². The molecule has 0 bridgehead atoms. The fraction of sp³-hybridized carbons (Fsp3) is 0.0588. The first-order valence-electron chi connectivity index (χ1n) is 6.52. The lowest BCUT2D eigenvalue weighted by molar-refractivity contribution is -0.120. The zero-order valence-electron chi connectivity index (χ0n) is 11.4. The molecule has 0 atom stereocenters. The number of halogens is 1. The van der Waals surface area contributed by atoms with Crippen LogP contribution in [0.3, 0.4) is 0 Å². The molecule has 3 nitrogen and oxygen atoms in total. The van der Waals surface area contributed by atoms with Crippen molar-refractivity contribution in [3.8, 4) is 0 Å². The van der Waals surface area contributed by atoms with Crippen molar-refractivity contribution in [1.29, 1.82) is 0 Å². The van der Waals surface area contributed by atoms with Crippen LogP contribution in [0, 0.1) is 0 Å². The summed E-state index contributed by atoms with van der Waals surface area (Å²) < 4.78 is 0.996. The van der Waals surface area contributed by atoms with Gasteiger partial charge in [0.25, 0.3) is 0 Å². The van der Waals surface area contributed by atoms with E-state index < -0.39 is 0 Å². The summed E-state index contributed by atoms with van der Waals surface area (Å²) in [5, 5.41) is 3.88. The molecule has 0 aromatic heterocycles. The fourth-order valence-electron chi connectivity index (χ4n) is 1.70. The molecule has 0 aliphatic rings. The Bertz CT molecular complexity index is 634. The van der Waals surface area contributed by atoms with Crippen molar-refractivity contribution in [1.82, 2.24) is 5.43 Å². The Balaban J connectivity index is 1.77. The topological polar surface area (TPSA) is 41.5 Å². The standard InChI is InChI=1S/C17H15BrN2O/c18-16-10-8-15(9-11-16)13-17(21)20-19-12-4-7-14-5-2-1-3-6-14/h1-12H,13H2,(H,20,21). The maximum absolute atomic E-state index is 11.7. The number of allylic oxidation sites excluding steroid dienone is 1. The molecule has 106 valence electrons. The monoisotopic (exact) mass is 342 g/mol. The van der Waals surface area contributed by atoms with Crippen LogP contribution in [0.5, 0.6) is 0 Å². The van der Waals surface area contributed by atoms with Crippen molar-refractivity contribution in [3.63, 3.8) is 0 Å². The van der Waals surface area contributed by atoms with Gasteiger partial charge in [-0.2, -0.15) is 5.10 Å². The highest BCUT2D eigenvalue weighted by Crippen LogP contribution is 2.10. The molecule has 2 rings (SSSR count). The number of hydrogen-bond acceptors (Lipinski definition) is 2. The Kier molecular flexibility index (Phi) is 5.91. The largest absolute Gasteiger partial charge is 0.273 e. The first kappa shape index (κ1) is 15.2. The average Bonchev–Trinajstić information content (AvgIpc) is 2.50. The number of hydrogen-bond donors (Lipinski definition) is 1. The number of nitrogens with zero attached hydrogens (tertiary/aromatic N) is 1. The van der Waals surface area contributed by atoms with E-state index in [0.29, 0.717) is 6.42 Å². The molecule has 0 saturated heterocycles. The third-order valence-corrected chi connectivity index (χ3v) is 3.24. The minimum Gasteiger partial charge on any atom is -0.273 e. The molecule has 0 saturated carbocycles. The molecule has 0 aliphatic carbocycles. The van der Waals surface area contributed by atoms with Gasteiger partial charge in [0.05, 0.1) is 6.42 Å². The number of hydrazone groups is 1. The second-order valence-electron chi connectivity index (χ2n) is 4.39. The molecule has 0 heterocycles. The highest BCUT2D eigenvalue weighted by Gasteiger charge is 2.01. The molecule has 4 heteroatoms. The van der Waals surface area contributed by atoms with Gasteiger partial charge in [-0.3, -0.25) is 4.79 Å². The van der Waals surface area contributed by atoms with Gasteiger partial charge >= 0.3 is 0 Å². The zero-order chi connectivity index (χ0) is 14.9. The van der Waals surface area contributed by atoms with Gasteiger partial charge in [0.2, 0.25) is 5.91 Å². The smallest absolute Gasteiger partial charge is 0.244 e. The number of nitrogens with one attached hydrogen (secondary N) is 1. The maximum atomic E-state index is 11.7. The number of carbonyl (C=O) groups excluding carboxylic acids is 1. The highest BCUT2D eigenvalue weighted by molar-refractivity contribution is 9.10. The van der Waals surface area contributed by atoms with Gasteiger partial charge in [-0.1, -0.05) is 64.5 Å². The molecule has 0 spiro atoms. The van der Waals surface area contributed by atoms with Crippen LogP contribution in [0.15, 0.2) is 70.2 Å². The van der Waals surface area contributed by atoms with E-state index in [4.69, 9.17) is 0 Å². The van der Waals surface area contributed by atoms with Gasteiger partial charge in [0, 0.05) is 10.7 Å². The van der Waals surface area contributed by atoms with E-state index in [1.54, 1.807) is 12.3 Å². The molecule has 1 N–H and O–H groups in total. The molecule has 0 aliphatic heterocycles. The third-order valence-electron chi connectivity index (χ3n) is 2.72. The van der Waals surface area contributed by atoms with Crippen molar-refractivity contribution in [2.45, 2.75) is 6.42 Å². The number of amides is 1. The summed E-state index contributed by atoms with van der Waals surface area (Å²) in [5.74, 6) is -0.137. The summed E-state index contributed by atoms with van der Waals surface area (Å²) >= 11 is 3.36. The summed E-state index contributed by atoms with van der Waals surface area (Å²) in [6, 6.07) is 17.5. The third kappa shape index (κ3) is 5.75. The minimum absolute atomic E-state index is 0.137. The second kappa shape index (κ2) is 8.17. The summed E-state index contributed by atoms with van der Waals surface area (Å²) in [7, 11) is 0. The van der Waals surface area contributed by atoms with Crippen molar-refractivity contribution in [3.05, 3.63) is 76.3 Å². The van der Waals surface area contributed by atoms with Gasteiger partial charge in [-0.05, 0) is 29.3 Å². The first-order chi connectivity index (χ1) is 10.2. The van der Waals surface area contributed by atoms with E-state index in [9.17, 15) is 4.79 Å². The zero-order valence-corrected chi connectivity index (χ0v) is 13.0. The Labute approximate surface area is 132 Å². The molecule has 0 unspecified atom stereocenters. The van der Waals surface area contributed by atoms with Crippen molar-refractivity contribution >= 4 is 34.1 Å². The number of rotatable bonds is 5. The number of carbonyl (C=O) groups is 1. The van der Waals surface area contributed by atoms with Gasteiger partial charge in [0.15, 0.2) is 0 Å². The lowest BCUT2D eigenvalue weighted by Crippen LogP contribution is -2.19. The Morgan fingerprint density at radius 2 is 1.81 bits per heavy atom. The summed E-state index contributed by atoms with van der Waals surface area (Å²) in [6.07, 6.45) is 5.58. The Hall–Kier alpha value is -2.20. The van der Waals surface area contributed by atoms with Crippen LogP contribution in [-0.2, 0) is 11.2 Å². The van der Waals surface area contributed by atoms with Crippen LogP contribution in [-0.4, -0.2) is 12.1 Å². The predicted octanol–water partition coefficient (Wildman–Crippen LogP) is 3.81. The Morgan fingerprint density at radius 3 is 2.52 bits per heavy atom. The molecule has 2 aromatic carbocycles. The van der Waals surface area contributed by atoms with E-state index >= 15 is 0 Å². The SMILES string of the molecule is O=C(Cc1ccc(Br)cc1)NN=CC=Cc1ccccc1. The summed E-state index contributed by atoms with van der Waals surface area (Å²) in [5.41, 5.74) is 4.54. The normalized spacial score (nSPS) is 11.1. The maximum Gasteiger partial charge on any atom is 0.244 e. The molecular formula is C17H15BrN2O. The van der Waals surface area contributed by atoms with Crippen molar-refractivity contribution in [2.75, 3.05) is 0 Å². The van der Waals surface area contributed by atoms with E-state index in [1.807, 2.05) is 60.7 Å². The minimum atomic E-state index is -0.137. The quantitative estimate of drug-likeness (QED) is 0.651. The van der Waals surface area contributed by atoms with Crippen LogP contribution in [0.25, 0.3) is 6.08 Å². The lowest BCUT2D eigenvalue weighted by Gasteiger charge is -2.00. The van der Waals surface area contributed by atoms with Crippen LogP contribution >= 0.6 is 15.9 Å². The van der Waals surface area contributed by atoms with Crippen LogP contribution in [0.1, 0.15) is 11.1 Å². The van der Waals surface area contributed by atoms with Gasteiger partial charge in [0.1, 0.15) is 0 Å². The van der Waals surface area contributed by atoms with Crippen molar-refractivity contribution < 1.29 is 4.79 Å². The van der Waals surface area contributed by atoms with E-state index in [2.05, 4.69) is 26.5 Å². The molecule has 21 heavy (non-hydrogen) atoms. The first-order valence-corrected chi connectivity index (χ1v) is 7.31. The lowest BCUT2D eigenvalue weighted by atomic mass is 10.1. The predicted molar refractivity (Wildman–Crippen MR) is 90.0 cm³/mol. The van der Waals surface area contributed by atoms with Crippen LogP contribution < -0.4 is 5.43 Å². The average molecular weight is 343 g/mol. The molecular weight excluding hydrogens is 328 g/mol. The molecule has 1 amide bonds. The Morgan fingerprint density at radius 1 is 1.10 bits per heavy atom. The van der Waals surface area contributed by atoms with Gasteiger partial charge in [-0.25, -0.2) is 5.43 Å². The highest BCUT2D eigenvalue weighted by atomic mass is 79.9. The molecule has 0 radical (unpaired) electrons. The van der Waals surface area contributed by atoms with Crippen molar-refractivity contribution in [2.24, 2.45) is 5.10 Å². The van der Waals surface area contributed by atoms with E-state index in [-0.39, 0.29) is 5.91 Å². The fourth-order valence-corrected chi connectivity index (χ4v) is 1.96. The van der Waals surface area contributed by atoms with Gasteiger partial charge < -0.3 is 0 Å². The second-order valence-corrected chi connectivity index (χ2v) is 5.30. The van der Waals surface area contributed by atoms with Crippen LogP contribution in [0.2, 0.25) is 0 Å². The summed E-state index contributed by atoms with van der Waals surface area (Å²) in [6.45, 7) is 0. The molecule has 2 aromatic rings. The molecule has 0 fully saturated rings. The van der Waals surface area contributed by atoms with Gasteiger partial charge in [-0.15, -0.1) is 0 Å². The summed E-state index contributed by atoms with van der Waals surface area (Å²) in [4.78, 5) is 11.7. The van der Waals surface area contributed by atoms with E-state index in [1.165, 1.54) is 0 Å². The van der Waals surface area contributed by atoms with Crippen LogP contribution in [0.4, 0.5) is 0 Å².